The van der Waals surface area contributed by atoms with E-state index < -0.39 is 6.10 Å². The van der Waals surface area contributed by atoms with Gasteiger partial charge in [-0.25, -0.2) is 0 Å². The Kier molecular flexibility index (Phi) is 6.83. The van der Waals surface area contributed by atoms with Crippen molar-refractivity contribution in [2.45, 2.75) is 26.9 Å². The molecule has 0 spiro atoms. The second-order valence-electron chi connectivity index (χ2n) is 5.22. The van der Waals surface area contributed by atoms with Crippen LogP contribution in [0.25, 0.3) is 0 Å². The first-order valence-electron chi connectivity index (χ1n) is 6.67. The summed E-state index contributed by atoms with van der Waals surface area (Å²) >= 11 is 3.60. The lowest BCUT2D eigenvalue weighted by molar-refractivity contribution is 0.199. The fourth-order valence-corrected chi connectivity index (χ4v) is 2.64. The summed E-state index contributed by atoms with van der Waals surface area (Å²) in [4.78, 5) is 2.31. The average molecular weight is 330 g/mol. The first-order valence-corrected chi connectivity index (χ1v) is 7.46. The molecule has 1 rings (SSSR count). The van der Waals surface area contributed by atoms with Crippen molar-refractivity contribution in [1.82, 2.24) is 0 Å². The van der Waals surface area contributed by atoms with Crippen LogP contribution in [0, 0.1) is 5.92 Å². The average Bonchev–Trinajstić information content (AvgIpc) is 2.34. The molecule has 1 aromatic carbocycles. The van der Waals surface area contributed by atoms with Crippen LogP contribution in [0.3, 0.4) is 0 Å². The van der Waals surface area contributed by atoms with Gasteiger partial charge in [-0.1, -0.05) is 19.9 Å². The predicted octanol–water partition coefficient (Wildman–Crippen LogP) is 3.61. The van der Waals surface area contributed by atoms with Crippen LogP contribution in [0.15, 0.2) is 22.7 Å². The maximum atomic E-state index is 9.61. The lowest BCUT2D eigenvalue weighted by atomic mass is 10.1. The van der Waals surface area contributed by atoms with E-state index in [1.54, 1.807) is 14.0 Å². The van der Waals surface area contributed by atoms with Crippen molar-refractivity contribution < 1.29 is 9.84 Å². The van der Waals surface area contributed by atoms with Crippen LogP contribution in [0.5, 0.6) is 0 Å². The molecule has 0 fully saturated rings. The highest BCUT2D eigenvalue weighted by Crippen LogP contribution is 2.29. The molecule has 0 aromatic heterocycles. The Hall–Kier alpha value is -0.580. The van der Waals surface area contributed by atoms with Crippen molar-refractivity contribution in [3.05, 3.63) is 28.2 Å². The van der Waals surface area contributed by atoms with Gasteiger partial charge in [0.1, 0.15) is 0 Å². The standard InChI is InChI=1S/C15H24BrNO2/c1-11(2)10-17(7-8-19-4)15-6-5-13(12(3)18)9-14(15)16/h5-6,9,11-12,18H,7-8,10H2,1-4H3/t12-/m1/s1. The van der Waals surface area contributed by atoms with Gasteiger partial charge < -0.3 is 14.7 Å². The summed E-state index contributed by atoms with van der Waals surface area (Å²) in [6.45, 7) is 8.74. The third kappa shape index (κ3) is 5.13. The monoisotopic (exact) mass is 329 g/mol. The van der Waals surface area contributed by atoms with Gasteiger partial charge in [0.2, 0.25) is 0 Å². The second kappa shape index (κ2) is 7.88. The maximum Gasteiger partial charge on any atom is 0.0762 e. The van der Waals surface area contributed by atoms with E-state index in [0.29, 0.717) is 12.5 Å². The van der Waals surface area contributed by atoms with E-state index >= 15 is 0 Å². The predicted molar refractivity (Wildman–Crippen MR) is 83.7 cm³/mol. The Morgan fingerprint density at radius 1 is 1.32 bits per heavy atom. The summed E-state index contributed by atoms with van der Waals surface area (Å²) in [6.07, 6.45) is -0.442. The molecular formula is C15H24BrNO2. The van der Waals surface area contributed by atoms with E-state index in [9.17, 15) is 5.11 Å². The summed E-state index contributed by atoms with van der Waals surface area (Å²) in [6, 6.07) is 6.02. The lowest BCUT2D eigenvalue weighted by Crippen LogP contribution is -2.31. The number of rotatable bonds is 7. The van der Waals surface area contributed by atoms with E-state index in [4.69, 9.17) is 4.74 Å². The van der Waals surface area contributed by atoms with Crippen molar-refractivity contribution in [2.75, 3.05) is 31.7 Å². The molecule has 0 aliphatic carbocycles. The second-order valence-corrected chi connectivity index (χ2v) is 6.07. The Labute approximate surface area is 124 Å². The molecule has 0 saturated carbocycles. The molecule has 0 bridgehead atoms. The van der Waals surface area contributed by atoms with Gasteiger partial charge in [-0.05, 0) is 46.5 Å². The number of anilines is 1. The molecule has 0 amide bonds. The number of aliphatic hydroxyl groups excluding tert-OH is 1. The number of aliphatic hydroxyl groups is 1. The number of nitrogens with zero attached hydrogens (tertiary/aromatic N) is 1. The zero-order chi connectivity index (χ0) is 14.4. The van der Waals surface area contributed by atoms with E-state index in [2.05, 4.69) is 40.7 Å². The van der Waals surface area contributed by atoms with Crippen molar-refractivity contribution in [1.29, 1.82) is 0 Å². The highest BCUT2D eigenvalue weighted by Gasteiger charge is 2.13. The van der Waals surface area contributed by atoms with Crippen LogP contribution in [-0.4, -0.2) is 31.9 Å². The fraction of sp³-hybridized carbons (Fsp3) is 0.600. The van der Waals surface area contributed by atoms with Gasteiger partial charge in [-0.2, -0.15) is 0 Å². The van der Waals surface area contributed by atoms with Gasteiger partial charge >= 0.3 is 0 Å². The molecule has 0 aliphatic rings. The van der Waals surface area contributed by atoms with E-state index in [1.807, 2.05) is 12.1 Å². The largest absolute Gasteiger partial charge is 0.389 e. The fourth-order valence-electron chi connectivity index (χ4n) is 1.99. The number of halogens is 1. The van der Waals surface area contributed by atoms with Crippen LogP contribution >= 0.6 is 15.9 Å². The topological polar surface area (TPSA) is 32.7 Å². The van der Waals surface area contributed by atoms with Crippen LogP contribution < -0.4 is 4.90 Å². The molecule has 0 aliphatic heterocycles. The Balaban J connectivity index is 2.94. The smallest absolute Gasteiger partial charge is 0.0762 e. The van der Waals surface area contributed by atoms with Crippen LogP contribution in [0.1, 0.15) is 32.4 Å². The summed E-state index contributed by atoms with van der Waals surface area (Å²) < 4.78 is 6.20. The summed E-state index contributed by atoms with van der Waals surface area (Å²) in [5.74, 6) is 0.584. The molecule has 19 heavy (non-hydrogen) atoms. The minimum Gasteiger partial charge on any atom is -0.389 e. The minimum absolute atomic E-state index is 0.442. The van der Waals surface area contributed by atoms with Crippen molar-refractivity contribution in [3.63, 3.8) is 0 Å². The number of hydrogen-bond acceptors (Lipinski definition) is 3. The van der Waals surface area contributed by atoms with Crippen LogP contribution in [0.2, 0.25) is 0 Å². The minimum atomic E-state index is -0.442. The van der Waals surface area contributed by atoms with Gasteiger partial charge in [0, 0.05) is 24.7 Å². The normalized spacial score (nSPS) is 12.8. The van der Waals surface area contributed by atoms with E-state index in [-0.39, 0.29) is 0 Å². The molecule has 0 unspecified atom stereocenters. The SMILES string of the molecule is COCCN(CC(C)C)c1ccc([C@@H](C)O)cc1Br. The van der Waals surface area contributed by atoms with Gasteiger partial charge in [0.15, 0.2) is 0 Å². The Morgan fingerprint density at radius 2 is 2.00 bits per heavy atom. The first-order chi connectivity index (χ1) is 8.95. The molecule has 108 valence electrons. The highest BCUT2D eigenvalue weighted by atomic mass is 79.9. The molecule has 1 atom stereocenters. The van der Waals surface area contributed by atoms with Crippen molar-refractivity contribution in [3.8, 4) is 0 Å². The molecule has 0 radical (unpaired) electrons. The van der Waals surface area contributed by atoms with Gasteiger partial charge in [0.25, 0.3) is 0 Å². The molecule has 1 aromatic rings. The van der Waals surface area contributed by atoms with E-state index in [1.165, 1.54) is 0 Å². The summed E-state index contributed by atoms with van der Waals surface area (Å²) in [5.41, 5.74) is 2.07. The lowest BCUT2D eigenvalue weighted by Gasteiger charge is -2.28. The van der Waals surface area contributed by atoms with Gasteiger partial charge in [0.05, 0.1) is 18.4 Å². The molecule has 4 heteroatoms. The van der Waals surface area contributed by atoms with Crippen LogP contribution in [-0.2, 0) is 4.74 Å². The molecule has 1 N–H and O–H groups in total. The van der Waals surface area contributed by atoms with Crippen molar-refractivity contribution in [2.24, 2.45) is 5.92 Å². The number of benzene rings is 1. The molecule has 3 nitrogen and oxygen atoms in total. The van der Waals surface area contributed by atoms with Crippen molar-refractivity contribution >= 4 is 21.6 Å². The molecule has 0 heterocycles. The third-order valence-electron chi connectivity index (χ3n) is 2.95. The Bertz CT molecular complexity index is 394. The molecule has 0 saturated heterocycles. The summed E-state index contributed by atoms with van der Waals surface area (Å²) in [7, 11) is 1.72. The Morgan fingerprint density at radius 3 is 2.47 bits per heavy atom. The number of methoxy groups -OCH3 is 1. The zero-order valence-corrected chi connectivity index (χ0v) is 13.8. The highest BCUT2D eigenvalue weighted by molar-refractivity contribution is 9.10. The summed E-state index contributed by atoms with van der Waals surface area (Å²) in [5, 5.41) is 9.61. The first kappa shape index (κ1) is 16.5. The quantitative estimate of drug-likeness (QED) is 0.829. The third-order valence-corrected chi connectivity index (χ3v) is 3.58. The van der Waals surface area contributed by atoms with Gasteiger partial charge in [-0.15, -0.1) is 0 Å². The van der Waals surface area contributed by atoms with Crippen LogP contribution in [0.4, 0.5) is 5.69 Å². The number of hydrogen-bond donors (Lipinski definition) is 1. The molecular weight excluding hydrogens is 306 g/mol. The maximum absolute atomic E-state index is 9.61. The number of ether oxygens (including phenoxy) is 1. The zero-order valence-electron chi connectivity index (χ0n) is 12.2. The van der Waals surface area contributed by atoms with Gasteiger partial charge in [-0.3, -0.25) is 0 Å². The van der Waals surface area contributed by atoms with E-state index in [0.717, 1.165) is 28.8 Å².